The average Bonchev–Trinajstić information content (AvgIpc) is 2.58. The minimum absolute atomic E-state index is 0.196. The molecular formula is C10H18O3S. The first-order valence-electron chi connectivity index (χ1n) is 5.10. The molecule has 0 spiro atoms. The maximum absolute atomic E-state index is 11.4. The van der Waals surface area contributed by atoms with Crippen molar-refractivity contribution in [1.82, 2.24) is 0 Å². The first-order valence-corrected chi connectivity index (χ1v) is 6.59. The van der Waals surface area contributed by atoms with Crippen molar-refractivity contribution in [2.45, 2.75) is 25.7 Å². The molecule has 0 saturated heterocycles. The van der Waals surface area contributed by atoms with E-state index in [4.69, 9.17) is 4.74 Å². The molecule has 1 aliphatic rings. The van der Waals surface area contributed by atoms with Gasteiger partial charge in [-0.05, 0) is 19.3 Å². The molecular weight excluding hydrogens is 200 g/mol. The summed E-state index contributed by atoms with van der Waals surface area (Å²) in [5.74, 6) is 1.81. The van der Waals surface area contributed by atoms with Gasteiger partial charge in [-0.1, -0.05) is 0 Å². The third-order valence-electron chi connectivity index (χ3n) is 2.64. The zero-order chi connectivity index (χ0) is 10.4. The Morgan fingerprint density at radius 1 is 1.50 bits per heavy atom. The van der Waals surface area contributed by atoms with Gasteiger partial charge in [0, 0.05) is 41.8 Å². The molecule has 1 fully saturated rings. The molecule has 0 aromatic heterocycles. The molecule has 1 rings (SSSR count). The van der Waals surface area contributed by atoms with Crippen molar-refractivity contribution in [3.8, 4) is 0 Å². The maximum atomic E-state index is 11.4. The van der Waals surface area contributed by atoms with E-state index in [-0.39, 0.29) is 5.92 Å². The summed E-state index contributed by atoms with van der Waals surface area (Å²) >= 11 is 0. The molecule has 2 unspecified atom stereocenters. The van der Waals surface area contributed by atoms with Crippen molar-refractivity contribution < 1.29 is 13.7 Å². The fourth-order valence-electron chi connectivity index (χ4n) is 1.75. The van der Waals surface area contributed by atoms with Gasteiger partial charge in [0.1, 0.15) is 5.78 Å². The van der Waals surface area contributed by atoms with E-state index in [1.807, 2.05) is 0 Å². The van der Waals surface area contributed by atoms with Gasteiger partial charge < -0.3 is 4.74 Å². The van der Waals surface area contributed by atoms with Crippen molar-refractivity contribution in [2.24, 2.45) is 5.92 Å². The van der Waals surface area contributed by atoms with Crippen molar-refractivity contribution in [3.05, 3.63) is 0 Å². The molecule has 1 aliphatic carbocycles. The Labute approximate surface area is 87.7 Å². The summed E-state index contributed by atoms with van der Waals surface area (Å²) < 4.78 is 16.2. The summed E-state index contributed by atoms with van der Waals surface area (Å²) in [5, 5.41) is 0. The van der Waals surface area contributed by atoms with Crippen LogP contribution in [0.4, 0.5) is 0 Å². The lowest BCUT2D eigenvalue weighted by molar-refractivity contribution is -0.120. The van der Waals surface area contributed by atoms with Gasteiger partial charge in [0.15, 0.2) is 0 Å². The van der Waals surface area contributed by atoms with Gasteiger partial charge >= 0.3 is 0 Å². The van der Waals surface area contributed by atoms with Crippen molar-refractivity contribution in [2.75, 3.05) is 25.2 Å². The van der Waals surface area contributed by atoms with Crippen LogP contribution in [0.15, 0.2) is 0 Å². The molecule has 0 heterocycles. The number of rotatable bonds is 6. The van der Waals surface area contributed by atoms with Crippen LogP contribution >= 0.6 is 0 Å². The fraction of sp³-hybridized carbons (Fsp3) is 0.900. The van der Waals surface area contributed by atoms with E-state index in [1.54, 1.807) is 7.11 Å². The molecule has 0 aromatic carbocycles. The van der Waals surface area contributed by atoms with E-state index in [0.717, 1.165) is 25.7 Å². The monoisotopic (exact) mass is 218 g/mol. The van der Waals surface area contributed by atoms with E-state index in [9.17, 15) is 9.00 Å². The maximum Gasteiger partial charge on any atom is 0.136 e. The highest BCUT2D eigenvalue weighted by Gasteiger charge is 2.24. The van der Waals surface area contributed by atoms with Gasteiger partial charge in [-0.15, -0.1) is 0 Å². The number of carbonyl (C=O) groups excluding carboxylic acids is 1. The third kappa shape index (κ3) is 3.88. The molecule has 1 saturated carbocycles. The number of ketones is 1. The van der Waals surface area contributed by atoms with Gasteiger partial charge in [-0.2, -0.15) is 0 Å². The average molecular weight is 218 g/mol. The Morgan fingerprint density at radius 3 is 2.86 bits per heavy atom. The molecule has 0 aliphatic heterocycles. The Hall–Kier alpha value is -0.220. The predicted octanol–water partition coefficient (Wildman–Crippen LogP) is 1.14. The first kappa shape index (κ1) is 11.9. The SMILES string of the molecule is COCCS(=O)CCC1CCCC1=O. The van der Waals surface area contributed by atoms with E-state index >= 15 is 0 Å². The topological polar surface area (TPSA) is 43.4 Å². The van der Waals surface area contributed by atoms with E-state index < -0.39 is 10.8 Å². The number of hydrogen-bond donors (Lipinski definition) is 0. The minimum atomic E-state index is -0.808. The van der Waals surface area contributed by atoms with Crippen LogP contribution in [0.1, 0.15) is 25.7 Å². The second-order valence-corrected chi connectivity index (χ2v) is 5.38. The predicted molar refractivity (Wildman–Crippen MR) is 56.7 cm³/mol. The van der Waals surface area contributed by atoms with Gasteiger partial charge in [-0.3, -0.25) is 9.00 Å². The second-order valence-electron chi connectivity index (χ2n) is 3.69. The van der Waals surface area contributed by atoms with Gasteiger partial charge in [0.05, 0.1) is 6.61 Å². The normalized spacial score (nSPS) is 24.1. The Morgan fingerprint density at radius 2 is 2.29 bits per heavy atom. The molecule has 3 nitrogen and oxygen atoms in total. The zero-order valence-electron chi connectivity index (χ0n) is 8.66. The van der Waals surface area contributed by atoms with E-state index in [1.165, 1.54) is 0 Å². The van der Waals surface area contributed by atoms with Crippen molar-refractivity contribution >= 4 is 16.6 Å². The van der Waals surface area contributed by atoms with Gasteiger partial charge in [0.2, 0.25) is 0 Å². The smallest absolute Gasteiger partial charge is 0.136 e. The molecule has 82 valence electrons. The fourth-order valence-corrected chi connectivity index (χ4v) is 2.85. The van der Waals surface area contributed by atoms with Gasteiger partial charge in [0.25, 0.3) is 0 Å². The number of Topliss-reactive ketones (excluding diaryl/α,β-unsaturated/α-hetero) is 1. The number of hydrogen-bond acceptors (Lipinski definition) is 3. The van der Waals surface area contributed by atoms with Gasteiger partial charge in [-0.25, -0.2) is 0 Å². The van der Waals surface area contributed by atoms with Crippen molar-refractivity contribution in [3.63, 3.8) is 0 Å². The van der Waals surface area contributed by atoms with Crippen molar-refractivity contribution in [1.29, 1.82) is 0 Å². The lowest BCUT2D eigenvalue weighted by Gasteiger charge is -2.06. The van der Waals surface area contributed by atoms with Crippen LogP contribution in [0, 0.1) is 5.92 Å². The summed E-state index contributed by atoms with van der Waals surface area (Å²) in [4.78, 5) is 11.3. The molecule has 0 aromatic rings. The van der Waals surface area contributed by atoms with Crippen LogP contribution in [0.3, 0.4) is 0 Å². The highest BCUT2D eigenvalue weighted by atomic mass is 32.2. The summed E-state index contributed by atoms with van der Waals surface area (Å²) in [5.41, 5.74) is 0. The van der Waals surface area contributed by atoms with Crippen LogP contribution in [0.5, 0.6) is 0 Å². The lowest BCUT2D eigenvalue weighted by atomic mass is 10.1. The molecule has 0 radical (unpaired) electrons. The van der Waals surface area contributed by atoms with E-state index in [0.29, 0.717) is 23.9 Å². The summed E-state index contributed by atoms with van der Waals surface area (Å²) in [6, 6.07) is 0. The molecule has 0 amide bonds. The zero-order valence-corrected chi connectivity index (χ0v) is 9.48. The first-order chi connectivity index (χ1) is 6.74. The number of ether oxygens (including phenoxy) is 1. The van der Waals surface area contributed by atoms with Crippen LogP contribution in [-0.4, -0.2) is 35.2 Å². The molecule has 0 N–H and O–H groups in total. The molecule has 14 heavy (non-hydrogen) atoms. The third-order valence-corrected chi connectivity index (χ3v) is 3.95. The summed E-state index contributed by atoms with van der Waals surface area (Å²) in [6.45, 7) is 0.547. The van der Waals surface area contributed by atoms with E-state index in [2.05, 4.69) is 0 Å². The summed E-state index contributed by atoms with van der Waals surface area (Å²) in [6.07, 6.45) is 3.55. The quantitative estimate of drug-likeness (QED) is 0.671. The standard InChI is InChI=1S/C10H18O3S/c1-13-6-8-14(12)7-5-9-3-2-4-10(9)11/h9H,2-8H2,1H3. The van der Waals surface area contributed by atoms with Crippen LogP contribution in [0.2, 0.25) is 0 Å². The molecule has 4 heteroatoms. The summed E-state index contributed by atoms with van der Waals surface area (Å²) in [7, 11) is 0.801. The van der Waals surface area contributed by atoms with Crippen LogP contribution < -0.4 is 0 Å². The molecule has 2 atom stereocenters. The second kappa shape index (κ2) is 6.30. The Kier molecular flexibility index (Phi) is 5.33. The highest BCUT2D eigenvalue weighted by molar-refractivity contribution is 7.84. The van der Waals surface area contributed by atoms with Crippen LogP contribution in [0.25, 0.3) is 0 Å². The van der Waals surface area contributed by atoms with Crippen LogP contribution in [-0.2, 0) is 20.3 Å². The number of carbonyl (C=O) groups is 1. The Bertz CT molecular complexity index is 215. The number of methoxy groups -OCH3 is 1. The highest BCUT2D eigenvalue weighted by Crippen LogP contribution is 2.24. The molecule has 0 bridgehead atoms. The lowest BCUT2D eigenvalue weighted by Crippen LogP contribution is -2.13. The largest absolute Gasteiger partial charge is 0.384 e. The minimum Gasteiger partial charge on any atom is -0.384 e. The Balaban J connectivity index is 2.13.